The van der Waals surface area contributed by atoms with Gasteiger partial charge >= 0.3 is 0 Å². The summed E-state index contributed by atoms with van der Waals surface area (Å²) < 4.78 is 26.8. The largest absolute Gasteiger partial charge is 0.340 e. The molecule has 0 spiro atoms. The molecule has 1 N–H and O–H groups in total. The van der Waals surface area contributed by atoms with Gasteiger partial charge in [-0.1, -0.05) is 37.3 Å². The molecule has 2 atom stereocenters. The molecule has 8 heteroatoms. The summed E-state index contributed by atoms with van der Waals surface area (Å²) in [7, 11) is -3.34. The summed E-state index contributed by atoms with van der Waals surface area (Å²) in [6.07, 6.45) is 2.93. The van der Waals surface area contributed by atoms with Gasteiger partial charge in [0, 0.05) is 32.6 Å². The molecule has 2 unspecified atom stereocenters. The number of hydrogen-bond acceptors (Lipinski definition) is 4. The van der Waals surface area contributed by atoms with Crippen molar-refractivity contribution in [2.24, 2.45) is 11.8 Å². The lowest BCUT2D eigenvalue weighted by molar-refractivity contribution is -0.133. The summed E-state index contributed by atoms with van der Waals surface area (Å²) in [6, 6.07) is 9.25. The van der Waals surface area contributed by atoms with Gasteiger partial charge in [0.15, 0.2) is 0 Å². The van der Waals surface area contributed by atoms with Crippen LogP contribution >= 0.6 is 12.4 Å². The highest BCUT2D eigenvalue weighted by molar-refractivity contribution is 7.88. The quantitative estimate of drug-likeness (QED) is 0.751. The molecule has 2 heterocycles. The Bertz CT molecular complexity index is 715. The van der Waals surface area contributed by atoms with Gasteiger partial charge in [-0.2, -0.15) is 4.31 Å². The van der Waals surface area contributed by atoms with Crippen LogP contribution in [0.2, 0.25) is 0 Å². The van der Waals surface area contributed by atoms with E-state index in [1.807, 2.05) is 35.2 Å². The van der Waals surface area contributed by atoms with E-state index in [4.69, 9.17) is 0 Å². The zero-order valence-electron chi connectivity index (χ0n) is 16.5. The van der Waals surface area contributed by atoms with Crippen LogP contribution in [0.15, 0.2) is 30.3 Å². The van der Waals surface area contributed by atoms with Crippen molar-refractivity contribution in [3.05, 3.63) is 35.9 Å². The Morgan fingerprint density at radius 1 is 1.18 bits per heavy atom. The van der Waals surface area contributed by atoms with Crippen molar-refractivity contribution in [3.63, 3.8) is 0 Å². The van der Waals surface area contributed by atoms with E-state index in [1.54, 1.807) is 0 Å². The van der Waals surface area contributed by atoms with Crippen molar-refractivity contribution in [2.45, 2.75) is 31.9 Å². The van der Waals surface area contributed by atoms with Crippen molar-refractivity contribution in [2.75, 3.05) is 39.3 Å². The third kappa shape index (κ3) is 6.17. The van der Waals surface area contributed by atoms with Crippen molar-refractivity contribution in [3.8, 4) is 0 Å². The van der Waals surface area contributed by atoms with Gasteiger partial charge < -0.3 is 10.2 Å². The van der Waals surface area contributed by atoms with Crippen molar-refractivity contribution < 1.29 is 13.2 Å². The lowest BCUT2D eigenvalue weighted by Crippen LogP contribution is -2.51. The number of carbonyl (C=O) groups excluding carboxylic acids is 1. The van der Waals surface area contributed by atoms with E-state index >= 15 is 0 Å². The van der Waals surface area contributed by atoms with E-state index in [0.717, 1.165) is 18.7 Å². The molecule has 0 aliphatic carbocycles. The first-order valence-corrected chi connectivity index (χ1v) is 11.6. The lowest BCUT2D eigenvalue weighted by Gasteiger charge is -2.35. The average Bonchev–Trinajstić information content (AvgIpc) is 2.69. The Labute approximate surface area is 175 Å². The number of amides is 1. The third-order valence-electron chi connectivity index (χ3n) is 5.81. The second-order valence-corrected chi connectivity index (χ2v) is 9.78. The highest BCUT2D eigenvalue weighted by Gasteiger charge is 2.30. The number of nitrogens with zero attached hydrogens (tertiary/aromatic N) is 2. The summed E-state index contributed by atoms with van der Waals surface area (Å²) in [4.78, 5) is 14.5. The number of rotatable bonds is 6. The first-order valence-electron chi connectivity index (χ1n) is 9.96. The first-order chi connectivity index (χ1) is 13.0. The Kier molecular flexibility index (Phi) is 8.74. The van der Waals surface area contributed by atoms with Gasteiger partial charge in [0.2, 0.25) is 15.9 Å². The van der Waals surface area contributed by atoms with Crippen LogP contribution in [-0.4, -0.2) is 62.8 Å². The topological polar surface area (TPSA) is 69.7 Å². The Morgan fingerprint density at radius 2 is 1.86 bits per heavy atom. The molecular weight excluding hydrogens is 398 g/mol. The molecule has 28 heavy (non-hydrogen) atoms. The number of carbonyl (C=O) groups is 1. The van der Waals surface area contributed by atoms with E-state index in [9.17, 15) is 13.2 Å². The van der Waals surface area contributed by atoms with Crippen LogP contribution in [0.4, 0.5) is 0 Å². The number of halogens is 1. The zero-order valence-corrected chi connectivity index (χ0v) is 18.2. The maximum absolute atomic E-state index is 12.6. The van der Waals surface area contributed by atoms with Gasteiger partial charge in [0.05, 0.1) is 5.75 Å². The Morgan fingerprint density at radius 3 is 2.46 bits per heavy atom. The molecule has 0 radical (unpaired) electrons. The molecule has 2 aliphatic heterocycles. The molecule has 0 saturated carbocycles. The van der Waals surface area contributed by atoms with E-state index in [1.165, 1.54) is 17.1 Å². The molecule has 2 saturated heterocycles. The fraction of sp³-hybridized carbons (Fsp3) is 0.650. The number of piperidine rings is 1. The van der Waals surface area contributed by atoms with Crippen LogP contribution in [0.1, 0.15) is 31.7 Å². The van der Waals surface area contributed by atoms with E-state index in [-0.39, 0.29) is 24.1 Å². The van der Waals surface area contributed by atoms with E-state index in [2.05, 4.69) is 12.2 Å². The van der Waals surface area contributed by atoms with Crippen LogP contribution in [0.3, 0.4) is 0 Å². The molecule has 0 aromatic heterocycles. The molecule has 3 rings (SSSR count). The maximum Gasteiger partial charge on any atom is 0.222 e. The Hall–Kier alpha value is -1.15. The monoisotopic (exact) mass is 429 g/mol. The molecule has 6 nitrogen and oxygen atoms in total. The molecular formula is C20H32ClN3O3S. The highest BCUT2D eigenvalue weighted by Crippen LogP contribution is 2.23. The second-order valence-electron chi connectivity index (χ2n) is 7.81. The molecule has 1 aromatic carbocycles. The van der Waals surface area contributed by atoms with Crippen LogP contribution in [0.25, 0.3) is 0 Å². The van der Waals surface area contributed by atoms with Crippen LogP contribution in [0.5, 0.6) is 0 Å². The maximum atomic E-state index is 12.6. The highest BCUT2D eigenvalue weighted by atomic mass is 35.5. The summed E-state index contributed by atoms with van der Waals surface area (Å²) in [5.74, 6) is 1.11. The lowest BCUT2D eigenvalue weighted by atomic mass is 9.85. The first kappa shape index (κ1) is 23.1. The summed E-state index contributed by atoms with van der Waals surface area (Å²) in [6.45, 7) is 6.00. The SMILES string of the molecule is CC(CC(=O)N1CCN(S(=O)(=O)Cc2ccccc2)CC1)C1CCCNC1.Cl. The zero-order chi connectivity index (χ0) is 19.3. The van der Waals surface area contributed by atoms with Gasteiger partial charge in [-0.25, -0.2) is 8.42 Å². The standard InChI is InChI=1S/C20H31N3O3S.ClH/c1-17(19-8-5-9-21-15-19)14-20(24)22-10-12-23(13-11-22)27(25,26)16-18-6-3-2-4-7-18;/h2-4,6-7,17,19,21H,5,8-16H2,1H3;1H. The van der Waals surface area contributed by atoms with Gasteiger partial charge in [0.25, 0.3) is 0 Å². The predicted octanol–water partition coefficient (Wildman–Crippen LogP) is 2.11. The van der Waals surface area contributed by atoms with Crippen LogP contribution in [0, 0.1) is 11.8 Å². The van der Waals surface area contributed by atoms with Crippen molar-refractivity contribution >= 4 is 28.3 Å². The molecule has 0 bridgehead atoms. The van der Waals surface area contributed by atoms with Crippen molar-refractivity contribution in [1.82, 2.24) is 14.5 Å². The predicted molar refractivity (Wildman–Crippen MR) is 114 cm³/mol. The third-order valence-corrected chi connectivity index (χ3v) is 7.66. The number of hydrogen-bond donors (Lipinski definition) is 1. The Balaban J connectivity index is 0.00000280. The second kappa shape index (κ2) is 10.6. The summed E-state index contributed by atoms with van der Waals surface area (Å²) >= 11 is 0. The minimum Gasteiger partial charge on any atom is -0.340 e. The number of sulfonamides is 1. The molecule has 2 aliphatic rings. The molecule has 2 fully saturated rings. The van der Waals surface area contributed by atoms with Gasteiger partial charge in [-0.05, 0) is 43.3 Å². The van der Waals surface area contributed by atoms with Crippen LogP contribution in [-0.2, 0) is 20.6 Å². The number of piperazine rings is 1. The average molecular weight is 430 g/mol. The number of benzene rings is 1. The molecule has 158 valence electrons. The number of nitrogens with one attached hydrogen (secondary N) is 1. The molecule has 1 amide bonds. The van der Waals surface area contributed by atoms with Gasteiger partial charge in [-0.3, -0.25) is 4.79 Å². The van der Waals surface area contributed by atoms with Crippen LogP contribution < -0.4 is 5.32 Å². The van der Waals surface area contributed by atoms with Gasteiger partial charge in [0.1, 0.15) is 0 Å². The minimum atomic E-state index is -3.34. The summed E-state index contributed by atoms with van der Waals surface area (Å²) in [5.41, 5.74) is 0.797. The minimum absolute atomic E-state index is 0. The smallest absolute Gasteiger partial charge is 0.222 e. The van der Waals surface area contributed by atoms with E-state index < -0.39 is 10.0 Å². The summed E-state index contributed by atoms with van der Waals surface area (Å²) in [5, 5.41) is 3.41. The van der Waals surface area contributed by atoms with Crippen molar-refractivity contribution in [1.29, 1.82) is 0 Å². The molecule has 1 aromatic rings. The fourth-order valence-electron chi connectivity index (χ4n) is 4.03. The van der Waals surface area contributed by atoms with E-state index in [0.29, 0.717) is 44.4 Å². The normalized spacial score (nSPS) is 22.3. The van der Waals surface area contributed by atoms with Gasteiger partial charge in [-0.15, -0.1) is 12.4 Å². The fourth-order valence-corrected chi connectivity index (χ4v) is 5.54.